The Morgan fingerprint density at radius 1 is 1.37 bits per heavy atom. The minimum Gasteiger partial charge on any atom is -0.396 e. The molecule has 102 valence electrons. The Labute approximate surface area is 114 Å². The van der Waals surface area contributed by atoms with E-state index in [9.17, 15) is 5.11 Å². The van der Waals surface area contributed by atoms with Gasteiger partial charge in [-0.15, -0.1) is 0 Å². The molecule has 1 aromatic heterocycles. The fraction of sp³-hybridized carbons (Fsp3) is 0.400. The molecule has 2 rings (SSSR count). The van der Waals surface area contributed by atoms with Crippen LogP contribution in [0.1, 0.15) is 20.3 Å². The monoisotopic (exact) mass is 259 g/mol. The zero-order valence-electron chi connectivity index (χ0n) is 11.5. The molecule has 0 aliphatic rings. The quantitative estimate of drug-likeness (QED) is 0.838. The fourth-order valence-corrected chi connectivity index (χ4v) is 1.79. The van der Waals surface area contributed by atoms with E-state index < -0.39 is 0 Å². The Kier molecular flexibility index (Phi) is 4.22. The average molecular weight is 259 g/mol. The van der Waals surface area contributed by atoms with Crippen molar-refractivity contribution in [1.29, 1.82) is 0 Å². The number of benzene rings is 1. The molecular weight excluding hydrogens is 238 g/mol. The molecule has 0 saturated heterocycles. The minimum atomic E-state index is -0.0816. The van der Waals surface area contributed by atoms with Crippen LogP contribution in [0.2, 0.25) is 0 Å². The third-order valence-electron chi connectivity index (χ3n) is 3.57. The van der Waals surface area contributed by atoms with Crippen LogP contribution in [0.15, 0.2) is 42.7 Å². The van der Waals surface area contributed by atoms with Gasteiger partial charge in [0, 0.05) is 30.0 Å². The molecule has 1 heterocycles. The number of hydrogen-bond donors (Lipinski definition) is 2. The summed E-state index contributed by atoms with van der Waals surface area (Å²) in [4.78, 5) is 0. The topological polar surface area (TPSA) is 50.1 Å². The predicted octanol–water partition coefficient (Wildman–Crippen LogP) is 2.69. The maximum Gasteiger partial charge on any atom is 0.0666 e. The molecule has 1 unspecified atom stereocenters. The van der Waals surface area contributed by atoms with Crippen molar-refractivity contribution in [3.8, 4) is 5.69 Å². The van der Waals surface area contributed by atoms with E-state index in [0.717, 1.165) is 24.3 Å². The number of aliphatic hydroxyl groups is 1. The van der Waals surface area contributed by atoms with E-state index in [1.165, 1.54) is 0 Å². The van der Waals surface area contributed by atoms with Gasteiger partial charge in [-0.3, -0.25) is 0 Å². The van der Waals surface area contributed by atoms with Gasteiger partial charge >= 0.3 is 0 Å². The first-order valence-electron chi connectivity index (χ1n) is 6.62. The first kappa shape index (κ1) is 13.6. The lowest BCUT2D eigenvalue weighted by Crippen LogP contribution is -2.29. The van der Waals surface area contributed by atoms with Crippen molar-refractivity contribution in [2.75, 3.05) is 18.5 Å². The first-order chi connectivity index (χ1) is 9.17. The van der Waals surface area contributed by atoms with Crippen molar-refractivity contribution in [3.63, 3.8) is 0 Å². The van der Waals surface area contributed by atoms with E-state index in [1.54, 1.807) is 6.20 Å². The van der Waals surface area contributed by atoms with E-state index in [2.05, 4.69) is 30.3 Å². The van der Waals surface area contributed by atoms with E-state index >= 15 is 0 Å². The highest BCUT2D eigenvalue weighted by molar-refractivity contribution is 5.50. The van der Waals surface area contributed by atoms with Gasteiger partial charge in [-0.25, -0.2) is 4.68 Å². The Balaban J connectivity index is 2.08. The number of nitrogens with zero attached hydrogens (tertiary/aromatic N) is 2. The van der Waals surface area contributed by atoms with Crippen molar-refractivity contribution < 1.29 is 5.11 Å². The number of aromatic nitrogens is 2. The van der Waals surface area contributed by atoms with Gasteiger partial charge in [0.25, 0.3) is 0 Å². The molecule has 0 aliphatic heterocycles. The zero-order chi connectivity index (χ0) is 13.7. The molecule has 0 fully saturated rings. The first-order valence-corrected chi connectivity index (χ1v) is 6.62. The third kappa shape index (κ3) is 3.35. The molecule has 0 spiro atoms. The fourth-order valence-electron chi connectivity index (χ4n) is 1.79. The predicted molar refractivity (Wildman–Crippen MR) is 77.5 cm³/mol. The summed E-state index contributed by atoms with van der Waals surface area (Å²) in [6, 6.07) is 10.0. The van der Waals surface area contributed by atoms with Crippen molar-refractivity contribution >= 4 is 5.69 Å². The van der Waals surface area contributed by atoms with Crippen LogP contribution in [0, 0.1) is 5.41 Å². The largest absolute Gasteiger partial charge is 0.396 e. The Hall–Kier alpha value is -1.81. The lowest BCUT2D eigenvalue weighted by Gasteiger charge is -2.26. The summed E-state index contributed by atoms with van der Waals surface area (Å²) in [6.45, 7) is 5.12. The van der Waals surface area contributed by atoms with Gasteiger partial charge in [-0.2, -0.15) is 5.10 Å². The summed E-state index contributed by atoms with van der Waals surface area (Å²) in [5.74, 6) is 0. The highest BCUT2D eigenvalue weighted by Gasteiger charge is 2.20. The number of anilines is 1. The lowest BCUT2D eigenvalue weighted by molar-refractivity contribution is 0.149. The molecule has 4 nitrogen and oxygen atoms in total. The summed E-state index contributed by atoms with van der Waals surface area (Å²) in [7, 11) is 0. The van der Waals surface area contributed by atoms with Crippen LogP contribution in [0.4, 0.5) is 5.69 Å². The van der Waals surface area contributed by atoms with E-state index in [-0.39, 0.29) is 12.0 Å². The van der Waals surface area contributed by atoms with Crippen LogP contribution < -0.4 is 5.32 Å². The van der Waals surface area contributed by atoms with Crippen LogP contribution in [0.5, 0.6) is 0 Å². The average Bonchev–Trinajstić information content (AvgIpc) is 2.99. The Morgan fingerprint density at radius 3 is 2.84 bits per heavy atom. The zero-order valence-corrected chi connectivity index (χ0v) is 11.5. The van der Waals surface area contributed by atoms with Crippen LogP contribution >= 0.6 is 0 Å². The van der Waals surface area contributed by atoms with Crippen molar-refractivity contribution in [1.82, 2.24) is 9.78 Å². The van der Waals surface area contributed by atoms with Crippen LogP contribution in [-0.2, 0) is 0 Å². The molecular formula is C15H21N3O. The second-order valence-electron chi connectivity index (χ2n) is 5.18. The lowest BCUT2D eigenvalue weighted by atomic mass is 9.88. The summed E-state index contributed by atoms with van der Waals surface area (Å²) < 4.78 is 1.83. The SMILES string of the molecule is CCC(C)(CO)CNc1cccc(-n2cccn2)c1. The molecule has 0 radical (unpaired) electrons. The molecule has 0 bridgehead atoms. The molecule has 2 N–H and O–H groups in total. The van der Waals surface area contributed by atoms with Gasteiger partial charge in [0.2, 0.25) is 0 Å². The molecule has 2 aromatic rings. The van der Waals surface area contributed by atoms with Crippen molar-refractivity contribution in [2.45, 2.75) is 20.3 Å². The number of hydrogen-bond acceptors (Lipinski definition) is 3. The minimum absolute atomic E-state index is 0.0816. The standard InChI is InChI=1S/C15H21N3O/c1-3-15(2,12-19)11-16-13-6-4-7-14(10-13)18-9-5-8-17-18/h4-10,16,19H,3,11-12H2,1-2H3. The molecule has 0 saturated carbocycles. The maximum absolute atomic E-state index is 9.41. The van der Waals surface area contributed by atoms with E-state index in [1.807, 2.05) is 35.1 Å². The summed E-state index contributed by atoms with van der Waals surface area (Å²) >= 11 is 0. The van der Waals surface area contributed by atoms with Crippen LogP contribution in [-0.4, -0.2) is 28.0 Å². The Morgan fingerprint density at radius 2 is 2.21 bits per heavy atom. The molecule has 0 aliphatic carbocycles. The number of rotatable bonds is 6. The van der Waals surface area contributed by atoms with Crippen LogP contribution in [0.3, 0.4) is 0 Å². The van der Waals surface area contributed by atoms with E-state index in [0.29, 0.717) is 0 Å². The molecule has 0 amide bonds. The Bertz CT molecular complexity index is 504. The summed E-state index contributed by atoms with van der Waals surface area (Å²) in [6.07, 6.45) is 4.62. The van der Waals surface area contributed by atoms with Gasteiger partial charge in [0.05, 0.1) is 12.3 Å². The normalized spacial score (nSPS) is 14.1. The second-order valence-corrected chi connectivity index (χ2v) is 5.18. The number of nitrogens with one attached hydrogen (secondary N) is 1. The molecule has 1 aromatic carbocycles. The molecule has 1 atom stereocenters. The number of aliphatic hydroxyl groups excluding tert-OH is 1. The summed E-state index contributed by atoms with van der Waals surface area (Å²) in [5, 5.41) is 17.0. The summed E-state index contributed by atoms with van der Waals surface area (Å²) in [5.41, 5.74) is 1.99. The van der Waals surface area contributed by atoms with Crippen molar-refractivity contribution in [3.05, 3.63) is 42.7 Å². The van der Waals surface area contributed by atoms with Crippen LogP contribution in [0.25, 0.3) is 5.69 Å². The third-order valence-corrected chi connectivity index (χ3v) is 3.57. The van der Waals surface area contributed by atoms with Gasteiger partial charge in [0.1, 0.15) is 0 Å². The smallest absolute Gasteiger partial charge is 0.0666 e. The highest BCUT2D eigenvalue weighted by Crippen LogP contribution is 2.22. The van der Waals surface area contributed by atoms with Gasteiger partial charge in [-0.1, -0.05) is 19.9 Å². The van der Waals surface area contributed by atoms with Gasteiger partial charge in [0.15, 0.2) is 0 Å². The van der Waals surface area contributed by atoms with E-state index in [4.69, 9.17) is 0 Å². The second kappa shape index (κ2) is 5.89. The van der Waals surface area contributed by atoms with Gasteiger partial charge in [-0.05, 0) is 30.7 Å². The molecule has 19 heavy (non-hydrogen) atoms. The van der Waals surface area contributed by atoms with Gasteiger partial charge < -0.3 is 10.4 Å². The molecule has 4 heteroatoms. The highest BCUT2D eigenvalue weighted by atomic mass is 16.3. The maximum atomic E-state index is 9.41. The van der Waals surface area contributed by atoms with Crippen molar-refractivity contribution in [2.24, 2.45) is 5.41 Å².